The Morgan fingerprint density at radius 1 is 1.35 bits per heavy atom. The summed E-state index contributed by atoms with van der Waals surface area (Å²) in [7, 11) is -4.67. The predicted octanol–water partition coefficient (Wildman–Crippen LogP) is 3.82. The smallest absolute Gasteiger partial charge is 0.394 e. The number of rotatable bonds is 8. The number of carbonyl (C=O) groups is 1. The second-order valence-electron chi connectivity index (χ2n) is 8.80. The van der Waals surface area contributed by atoms with E-state index in [0.717, 1.165) is 32.4 Å². The fourth-order valence-electron chi connectivity index (χ4n) is 5.29. The minimum absolute atomic E-state index is 0.168. The molecule has 1 aromatic heterocycles. The number of aryl methyl sites for hydroxylation is 1. The average Bonchev–Trinajstić information content (AvgIpc) is 3.12. The van der Waals surface area contributed by atoms with E-state index in [1.807, 2.05) is 6.08 Å². The number of carbonyl (C=O) groups excluding carboxylic acids is 1. The topological polar surface area (TPSA) is 109 Å². The Balaban J connectivity index is 0.000000588. The van der Waals surface area contributed by atoms with Crippen LogP contribution in [0.15, 0.2) is 37.1 Å². The van der Waals surface area contributed by atoms with Gasteiger partial charge in [-0.2, -0.15) is 8.42 Å². The van der Waals surface area contributed by atoms with Crippen molar-refractivity contribution in [2.75, 3.05) is 26.4 Å². The lowest BCUT2D eigenvalue weighted by molar-refractivity contribution is -0.151. The van der Waals surface area contributed by atoms with Crippen molar-refractivity contribution in [1.82, 2.24) is 9.47 Å². The molecule has 1 saturated heterocycles. The fraction of sp³-hybridized carbons (Fsp3) is 0.542. The van der Waals surface area contributed by atoms with Gasteiger partial charge in [-0.05, 0) is 36.5 Å². The third-order valence-electron chi connectivity index (χ3n) is 6.46. The number of halogens is 1. The van der Waals surface area contributed by atoms with E-state index in [-0.39, 0.29) is 24.9 Å². The highest BCUT2D eigenvalue weighted by atomic mass is 32.3. The molecular formula is C24H33FN2O6S. The van der Waals surface area contributed by atoms with Gasteiger partial charge in [0, 0.05) is 55.1 Å². The monoisotopic (exact) mass is 496 g/mol. The van der Waals surface area contributed by atoms with Crippen LogP contribution in [0.4, 0.5) is 4.39 Å². The minimum atomic E-state index is -4.67. The van der Waals surface area contributed by atoms with E-state index in [0.29, 0.717) is 18.5 Å². The highest BCUT2D eigenvalue weighted by Crippen LogP contribution is 2.45. The highest BCUT2D eigenvalue weighted by Gasteiger charge is 2.43. The zero-order valence-electron chi connectivity index (χ0n) is 19.4. The molecule has 1 aliphatic heterocycles. The molecule has 188 valence electrons. The Bertz CT molecular complexity index is 1110. The number of likely N-dealkylation sites (tertiary alicyclic amines) is 1. The molecule has 2 aromatic rings. The quantitative estimate of drug-likeness (QED) is 0.247. The Morgan fingerprint density at radius 2 is 2.09 bits per heavy atom. The molecule has 1 aromatic carbocycles. The van der Waals surface area contributed by atoms with Crippen molar-refractivity contribution >= 4 is 27.3 Å². The number of nitrogens with zero attached hydrogens (tertiary/aromatic N) is 2. The number of ether oxygens (including phenoxy) is 1. The lowest BCUT2D eigenvalue weighted by atomic mass is 9.72. The molecule has 0 amide bonds. The second-order valence-corrected chi connectivity index (χ2v) is 9.70. The summed E-state index contributed by atoms with van der Waals surface area (Å²) in [6.45, 7) is 8.32. The molecule has 4 rings (SSSR count). The summed E-state index contributed by atoms with van der Waals surface area (Å²) < 4.78 is 51.7. The number of hydrogen-bond acceptors (Lipinski definition) is 5. The largest absolute Gasteiger partial charge is 0.465 e. The van der Waals surface area contributed by atoms with Crippen LogP contribution in [0.1, 0.15) is 43.2 Å². The Labute approximate surface area is 200 Å². The van der Waals surface area contributed by atoms with Crippen molar-refractivity contribution < 1.29 is 31.4 Å². The number of hydrogen-bond donors (Lipinski definition) is 2. The van der Waals surface area contributed by atoms with Gasteiger partial charge in [0.05, 0.1) is 19.2 Å². The van der Waals surface area contributed by atoms with Gasteiger partial charge in [-0.3, -0.25) is 23.2 Å². The van der Waals surface area contributed by atoms with Gasteiger partial charge in [-0.25, -0.2) is 0 Å². The molecule has 34 heavy (non-hydrogen) atoms. The number of aromatic nitrogens is 1. The van der Waals surface area contributed by atoms with Crippen LogP contribution in [0.5, 0.6) is 0 Å². The van der Waals surface area contributed by atoms with Gasteiger partial charge in [0.1, 0.15) is 0 Å². The SMILES string of the molecule is C=CCN1CC(C(=O)OCCCF)C[C@@H]2c3cccc4c3c(cn4CCC)C[C@H]21.O=S(=O)(O)O. The number of benzene rings is 1. The molecule has 0 spiro atoms. The molecule has 2 aliphatic rings. The third kappa shape index (κ3) is 6.24. The summed E-state index contributed by atoms with van der Waals surface area (Å²) >= 11 is 0. The van der Waals surface area contributed by atoms with Crippen molar-refractivity contribution in [3.8, 4) is 0 Å². The average molecular weight is 497 g/mol. The zero-order chi connectivity index (χ0) is 24.9. The molecule has 2 N–H and O–H groups in total. The summed E-state index contributed by atoms with van der Waals surface area (Å²) in [4.78, 5) is 15.1. The van der Waals surface area contributed by atoms with Gasteiger partial charge in [0.15, 0.2) is 0 Å². The zero-order valence-corrected chi connectivity index (χ0v) is 20.2. The molecule has 1 fully saturated rings. The minimum Gasteiger partial charge on any atom is -0.465 e. The van der Waals surface area contributed by atoms with E-state index in [1.54, 1.807) is 0 Å². The van der Waals surface area contributed by atoms with E-state index in [2.05, 4.69) is 47.4 Å². The maximum absolute atomic E-state index is 12.7. The molecule has 2 heterocycles. The highest BCUT2D eigenvalue weighted by molar-refractivity contribution is 7.79. The summed E-state index contributed by atoms with van der Waals surface area (Å²) in [5.74, 6) is -0.0612. The molecule has 1 unspecified atom stereocenters. The van der Waals surface area contributed by atoms with E-state index in [1.165, 1.54) is 22.0 Å². The number of alkyl halides is 1. The van der Waals surface area contributed by atoms with Crippen molar-refractivity contribution in [1.29, 1.82) is 0 Å². The number of esters is 1. The van der Waals surface area contributed by atoms with Gasteiger partial charge in [-0.15, -0.1) is 6.58 Å². The molecule has 10 heteroatoms. The van der Waals surface area contributed by atoms with Crippen LogP contribution < -0.4 is 0 Å². The van der Waals surface area contributed by atoms with E-state index in [4.69, 9.17) is 22.3 Å². The normalized spacial score (nSPS) is 21.9. The Morgan fingerprint density at radius 3 is 2.74 bits per heavy atom. The van der Waals surface area contributed by atoms with Gasteiger partial charge < -0.3 is 9.30 Å². The first-order valence-electron chi connectivity index (χ1n) is 11.6. The number of piperidine rings is 1. The summed E-state index contributed by atoms with van der Waals surface area (Å²) in [5.41, 5.74) is 4.09. The van der Waals surface area contributed by atoms with Crippen molar-refractivity contribution in [2.45, 2.75) is 51.1 Å². The van der Waals surface area contributed by atoms with Gasteiger partial charge in [0.2, 0.25) is 0 Å². The van der Waals surface area contributed by atoms with Crippen LogP contribution in [0, 0.1) is 5.92 Å². The molecule has 0 radical (unpaired) electrons. The van der Waals surface area contributed by atoms with Crippen LogP contribution >= 0.6 is 0 Å². The van der Waals surface area contributed by atoms with Crippen molar-refractivity contribution in [3.63, 3.8) is 0 Å². The molecule has 1 aliphatic carbocycles. The molecule has 8 nitrogen and oxygen atoms in total. The van der Waals surface area contributed by atoms with Crippen LogP contribution in [0.2, 0.25) is 0 Å². The van der Waals surface area contributed by atoms with Crippen molar-refractivity contribution in [3.05, 3.63) is 48.2 Å². The summed E-state index contributed by atoms with van der Waals surface area (Å²) in [5, 5.41) is 1.38. The van der Waals surface area contributed by atoms with Gasteiger partial charge >= 0.3 is 16.4 Å². The maximum atomic E-state index is 12.7. The summed E-state index contributed by atoms with van der Waals surface area (Å²) in [6.07, 6.45) is 7.43. The molecule has 0 saturated carbocycles. The predicted molar refractivity (Wildman–Crippen MR) is 128 cm³/mol. The van der Waals surface area contributed by atoms with Gasteiger partial charge in [0.25, 0.3) is 0 Å². The van der Waals surface area contributed by atoms with Crippen molar-refractivity contribution in [2.24, 2.45) is 5.92 Å². The first kappa shape index (κ1) is 26.3. The molecule has 0 bridgehead atoms. The van der Waals surface area contributed by atoms with Gasteiger partial charge in [-0.1, -0.05) is 25.1 Å². The van der Waals surface area contributed by atoms with E-state index in [9.17, 15) is 9.18 Å². The van der Waals surface area contributed by atoms with E-state index >= 15 is 0 Å². The molecular weight excluding hydrogens is 463 g/mol. The first-order valence-corrected chi connectivity index (χ1v) is 13.0. The fourth-order valence-corrected chi connectivity index (χ4v) is 5.29. The third-order valence-corrected chi connectivity index (χ3v) is 6.46. The van der Waals surface area contributed by atoms with Crippen LogP contribution in [-0.4, -0.2) is 65.4 Å². The lowest BCUT2D eigenvalue weighted by Crippen LogP contribution is -2.51. The second kappa shape index (κ2) is 11.4. The Kier molecular flexibility index (Phi) is 8.86. The van der Waals surface area contributed by atoms with Crippen LogP contribution in [0.3, 0.4) is 0 Å². The first-order chi connectivity index (χ1) is 16.2. The van der Waals surface area contributed by atoms with Crippen LogP contribution in [-0.2, 0) is 32.9 Å². The van der Waals surface area contributed by atoms with E-state index < -0.39 is 17.1 Å². The Hall–Kier alpha value is -2.27. The lowest BCUT2D eigenvalue weighted by Gasteiger charge is -2.46. The number of fused-ring (bicyclic) bond motifs is 2. The summed E-state index contributed by atoms with van der Waals surface area (Å²) in [6, 6.07) is 6.97. The standard InChI is InChI=1S/C24H31FN2O2.H2O4S/c1-3-10-26-15-17-14-22-20(19-7-5-8-21(26)23(17)19)13-18(16-27(22)11-4-2)24(28)29-12-6-9-25;1-5(2,3)4/h4-5,7-8,15,18,20,22H,2-3,6,9-14,16H2,1H3;(H2,1,2,3,4)/t18?,20-,22-;/m1./s1. The molecule has 3 atom stereocenters. The maximum Gasteiger partial charge on any atom is 0.394 e. The van der Waals surface area contributed by atoms with Crippen LogP contribution in [0.25, 0.3) is 10.9 Å².